The lowest BCUT2D eigenvalue weighted by Gasteiger charge is -2.12. The number of aromatic nitrogens is 2. The predicted molar refractivity (Wildman–Crippen MR) is 70.9 cm³/mol. The van der Waals surface area contributed by atoms with Crippen molar-refractivity contribution in [2.24, 2.45) is 0 Å². The normalized spacial score (nSPS) is 19.6. The number of carbonyl (C=O) groups is 1. The number of fused-ring (bicyclic) bond motifs is 1. The zero-order chi connectivity index (χ0) is 12.7. The van der Waals surface area contributed by atoms with Crippen molar-refractivity contribution >= 4 is 28.9 Å². The van der Waals surface area contributed by atoms with Crippen LogP contribution in [0.4, 0.5) is 0 Å². The molecule has 1 aliphatic rings. The number of hydrogen-bond acceptors (Lipinski definition) is 3. The molecule has 3 rings (SSSR count). The molecule has 3 heterocycles. The highest BCUT2D eigenvalue weighted by molar-refractivity contribution is 7.80. The van der Waals surface area contributed by atoms with Gasteiger partial charge in [-0.15, -0.1) is 0 Å². The Balaban J connectivity index is 1.88. The number of carbonyl (C=O) groups excluding carboxylic acids is 1. The van der Waals surface area contributed by atoms with Crippen LogP contribution in [0.3, 0.4) is 0 Å². The van der Waals surface area contributed by atoms with Gasteiger partial charge < -0.3 is 9.72 Å². The van der Waals surface area contributed by atoms with Gasteiger partial charge in [-0.05, 0) is 31.3 Å². The summed E-state index contributed by atoms with van der Waals surface area (Å²) in [6.07, 6.45) is 3.84. The molecule has 0 saturated carbocycles. The Morgan fingerprint density at radius 3 is 3.00 bits per heavy atom. The quantitative estimate of drug-likeness (QED) is 0.816. The van der Waals surface area contributed by atoms with Gasteiger partial charge >= 0.3 is 0 Å². The number of thiocarbonyl (C=S) groups is 1. The van der Waals surface area contributed by atoms with Crippen molar-refractivity contribution in [3.8, 4) is 0 Å². The summed E-state index contributed by atoms with van der Waals surface area (Å²) in [7, 11) is 0. The molecule has 1 atom stereocenters. The Morgan fingerprint density at radius 1 is 1.50 bits per heavy atom. The molecule has 5 nitrogen and oxygen atoms in total. The third-order valence-electron chi connectivity index (χ3n) is 2.96. The Labute approximate surface area is 109 Å². The lowest BCUT2D eigenvalue weighted by atomic mass is 10.3. The molecule has 2 aromatic rings. The SMILES string of the molecule is C[C@H]1NC(=S)N(Cc2cn3ccccc3n2)C1=O. The van der Waals surface area contributed by atoms with Gasteiger partial charge in [0.1, 0.15) is 11.7 Å². The number of nitrogens with zero attached hydrogens (tertiary/aromatic N) is 3. The van der Waals surface area contributed by atoms with E-state index in [1.54, 1.807) is 11.8 Å². The fourth-order valence-electron chi connectivity index (χ4n) is 2.03. The third kappa shape index (κ3) is 1.74. The molecule has 0 aromatic carbocycles. The average molecular weight is 260 g/mol. The summed E-state index contributed by atoms with van der Waals surface area (Å²) in [4.78, 5) is 17.9. The molecule has 0 unspecified atom stereocenters. The minimum Gasteiger partial charge on any atom is -0.351 e. The van der Waals surface area contributed by atoms with Crippen LogP contribution in [0.1, 0.15) is 12.6 Å². The van der Waals surface area contributed by atoms with Gasteiger partial charge in [-0.25, -0.2) is 4.98 Å². The van der Waals surface area contributed by atoms with Gasteiger partial charge in [0.2, 0.25) is 0 Å². The minimum atomic E-state index is -0.241. The number of amides is 1. The van der Waals surface area contributed by atoms with Gasteiger partial charge in [0.25, 0.3) is 5.91 Å². The van der Waals surface area contributed by atoms with Crippen LogP contribution < -0.4 is 5.32 Å². The second-order valence-electron chi connectivity index (χ2n) is 4.29. The molecule has 2 aromatic heterocycles. The molecule has 0 aliphatic carbocycles. The molecular weight excluding hydrogens is 248 g/mol. The van der Waals surface area contributed by atoms with Crippen LogP contribution in [0.2, 0.25) is 0 Å². The number of rotatable bonds is 2. The lowest BCUT2D eigenvalue weighted by molar-refractivity contribution is -0.127. The van der Waals surface area contributed by atoms with Gasteiger partial charge in [-0.1, -0.05) is 6.07 Å². The third-order valence-corrected chi connectivity index (χ3v) is 3.29. The second kappa shape index (κ2) is 4.06. The fraction of sp³-hybridized carbons (Fsp3) is 0.250. The lowest BCUT2D eigenvalue weighted by Crippen LogP contribution is -2.30. The minimum absolute atomic E-state index is 0.00273. The molecule has 92 valence electrons. The van der Waals surface area contributed by atoms with Gasteiger partial charge in [0.05, 0.1) is 12.2 Å². The molecule has 0 spiro atoms. The molecule has 1 amide bonds. The van der Waals surface area contributed by atoms with E-state index in [4.69, 9.17) is 12.2 Å². The fourth-order valence-corrected chi connectivity index (χ4v) is 2.37. The van der Waals surface area contributed by atoms with Crippen molar-refractivity contribution in [1.82, 2.24) is 19.6 Å². The molecule has 0 bridgehead atoms. The highest BCUT2D eigenvalue weighted by Gasteiger charge is 2.32. The van der Waals surface area contributed by atoms with Gasteiger partial charge in [-0.3, -0.25) is 9.69 Å². The first-order chi connectivity index (χ1) is 8.65. The van der Waals surface area contributed by atoms with Crippen LogP contribution in [0, 0.1) is 0 Å². The largest absolute Gasteiger partial charge is 0.351 e. The molecular formula is C12H12N4OS. The van der Waals surface area contributed by atoms with E-state index >= 15 is 0 Å². The Kier molecular flexibility index (Phi) is 2.52. The Bertz CT molecular complexity index is 603. The highest BCUT2D eigenvalue weighted by Crippen LogP contribution is 2.12. The van der Waals surface area contributed by atoms with E-state index in [2.05, 4.69) is 10.3 Å². The second-order valence-corrected chi connectivity index (χ2v) is 4.68. The van der Waals surface area contributed by atoms with Gasteiger partial charge in [0.15, 0.2) is 5.11 Å². The first-order valence-corrected chi connectivity index (χ1v) is 6.10. The summed E-state index contributed by atoms with van der Waals surface area (Å²) in [5.74, 6) is -0.00273. The first kappa shape index (κ1) is 11.2. The zero-order valence-electron chi connectivity index (χ0n) is 9.83. The number of imidazole rings is 1. The van der Waals surface area contributed by atoms with Gasteiger partial charge in [0, 0.05) is 12.4 Å². The van der Waals surface area contributed by atoms with E-state index in [0.717, 1.165) is 11.3 Å². The summed E-state index contributed by atoms with van der Waals surface area (Å²) < 4.78 is 1.93. The maximum atomic E-state index is 11.9. The highest BCUT2D eigenvalue weighted by atomic mass is 32.1. The van der Waals surface area contributed by atoms with Crippen LogP contribution in [0.15, 0.2) is 30.6 Å². The van der Waals surface area contributed by atoms with E-state index < -0.39 is 0 Å². The molecule has 1 fully saturated rings. The van der Waals surface area contributed by atoms with Crippen molar-refractivity contribution in [1.29, 1.82) is 0 Å². The number of nitrogens with one attached hydrogen (secondary N) is 1. The van der Waals surface area contributed by atoms with E-state index in [1.165, 1.54) is 0 Å². The summed E-state index contributed by atoms with van der Waals surface area (Å²) in [6.45, 7) is 2.22. The maximum absolute atomic E-state index is 11.9. The van der Waals surface area contributed by atoms with Crippen LogP contribution >= 0.6 is 12.2 Å². The summed E-state index contributed by atoms with van der Waals surface area (Å²) in [5, 5.41) is 3.42. The van der Waals surface area contributed by atoms with E-state index in [1.807, 2.05) is 35.0 Å². The van der Waals surface area contributed by atoms with Crippen LogP contribution in [0.25, 0.3) is 5.65 Å². The number of pyridine rings is 1. The monoisotopic (exact) mass is 260 g/mol. The van der Waals surface area contributed by atoms with Gasteiger partial charge in [-0.2, -0.15) is 0 Å². The van der Waals surface area contributed by atoms with Crippen molar-refractivity contribution < 1.29 is 4.79 Å². The maximum Gasteiger partial charge on any atom is 0.251 e. The molecule has 18 heavy (non-hydrogen) atoms. The molecule has 6 heteroatoms. The smallest absolute Gasteiger partial charge is 0.251 e. The molecule has 1 aliphatic heterocycles. The summed E-state index contributed by atoms with van der Waals surface area (Å²) >= 11 is 5.13. The summed E-state index contributed by atoms with van der Waals surface area (Å²) in [5.41, 5.74) is 1.69. The van der Waals surface area contributed by atoms with Crippen molar-refractivity contribution in [2.45, 2.75) is 19.5 Å². The van der Waals surface area contributed by atoms with E-state index in [0.29, 0.717) is 11.7 Å². The van der Waals surface area contributed by atoms with Crippen molar-refractivity contribution in [3.63, 3.8) is 0 Å². The predicted octanol–water partition coefficient (Wildman–Crippen LogP) is 0.940. The first-order valence-electron chi connectivity index (χ1n) is 5.69. The Hall–Kier alpha value is -1.95. The zero-order valence-corrected chi connectivity index (χ0v) is 10.6. The summed E-state index contributed by atoms with van der Waals surface area (Å²) in [6, 6.07) is 5.55. The van der Waals surface area contributed by atoms with E-state index in [-0.39, 0.29) is 11.9 Å². The Morgan fingerprint density at radius 2 is 2.33 bits per heavy atom. The van der Waals surface area contributed by atoms with Crippen LogP contribution in [-0.2, 0) is 11.3 Å². The number of hydrogen-bond donors (Lipinski definition) is 1. The standard InChI is InChI=1S/C12H12N4OS/c1-8-11(17)16(12(18)13-8)7-9-6-15-5-3-2-4-10(15)14-9/h2-6,8H,7H2,1H3,(H,13,18)/t8-/m1/s1. The average Bonchev–Trinajstić information content (AvgIpc) is 2.86. The molecule has 1 N–H and O–H groups in total. The molecule has 0 radical (unpaired) electrons. The van der Waals surface area contributed by atoms with Crippen molar-refractivity contribution in [2.75, 3.05) is 0 Å². The molecule has 1 saturated heterocycles. The van der Waals surface area contributed by atoms with Crippen LogP contribution in [0.5, 0.6) is 0 Å². The van der Waals surface area contributed by atoms with Crippen LogP contribution in [-0.4, -0.2) is 31.3 Å². The topological polar surface area (TPSA) is 49.6 Å². The van der Waals surface area contributed by atoms with E-state index in [9.17, 15) is 4.79 Å². The van der Waals surface area contributed by atoms with Crippen molar-refractivity contribution in [3.05, 3.63) is 36.3 Å².